The van der Waals surface area contributed by atoms with Crippen LogP contribution in [0.5, 0.6) is 0 Å². The highest BCUT2D eigenvalue weighted by Crippen LogP contribution is 2.31. The third-order valence-corrected chi connectivity index (χ3v) is 2.74. The Hall–Kier alpha value is -1.88. The Morgan fingerprint density at radius 1 is 1.14 bits per heavy atom. The van der Waals surface area contributed by atoms with Crippen LogP contribution in [-0.2, 0) is 23.9 Å². The molecule has 10 nitrogen and oxygen atoms in total. The van der Waals surface area contributed by atoms with Gasteiger partial charge in [0.25, 0.3) is 5.60 Å². The first kappa shape index (κ1) is 19.1. The van der Waals surface area contributed by atoms with E-state index in [0.29, 0.717) is 6.92 Å². The van der Waals surface area contributed by atoms with E-state index in [1.165, 1.54) is 0 Å². The molecule has 0 bridgehead atoms. The van der Waals surface area contributed by atoms with Gasteiger partial charge in [0.2, 0.25) is 5.60 Å². The summed E-state index contributed by atoms with van der Waals surface area (Å²) in [6.07, 6.45) is -3.12. The summed E-state index contributed by atoms with van der Waals surface area (Å²) in [5.41, 5.74) is -7.14. The van der Waals surface area contributed by atoms with E-state index >= 15 is 0 Å². The van der Waals surface area contributed by atoms with E-state index < -0.39 is 54.0 Å². The van der Waals surface area contributed by atoms with Gasteiger partial charge in [-0.2, -0.15) is 0 Å². The highest BCUT2D eigenvalue weighted by molar-refractivity contribution is 6.13. The van der Waals surface area contributed by atoms with Gasteiger partial charge >= 0.3 is 17.9 Å². The van der Waals surface area contributed by atoms with E-state index in [0.717, 1.165) is 6.92 Å². The molecule has 0 aliphatic heterocycles. The molecule has 0 fully saturated rings. The monoisotopic (exact) mass is 308 g/mol. The van der Waals surface area contributed by atoms with Gasteiger partial charge in [-0.05, 0) is 6.92 Å². The van der Waals surface area contributed by atoms with Crippen molar-refractivity contribution >= 4 is 23.7 Å². The zero-order valence-corrected chi connectivity index (χ0v) is 11.3. The van der Waals surface area contributed by atoms with Crippen molar-refractivity contribution in [3.8, 4) is 0 Å². The molecule has 0 aromatic carbocycles. The van der Waals surface area contributed by atoms with Gasteiger partial charge < -0.3 is 30.3 Å². The van der Waals surface area contributed by atoms with Crippen molar-refractivity contribution in [1.82, 2.24) is 0 Å². The van der Waals surface area contributed by atoms with Crippen LogP contribution < -0.4 is 0 Å². The highest BCUT2D eigenvalue weighted by Gasteiger charge is 2.65. The Kier molecular flexibility index (Phi) is 6.12. The lowest BCUT2D eigenvalue weighted by Gasteiger charge is -2.36. The maximum Gasteiger partial charge on any atom is 0.357 e. The summed E-state index contributed by atoms with van der Waals surface area (Å²) in [5, 5.41) is 47.0. The Bertz CT molecular complexity index is 458. The number of esters is 2. The van der Waals surface area contributed by atoms with Crippen molar-refractivity contribution in [2.75, 3.05) is 6.61 Å². The molecule has 0 aromatic rings. The maximum absolute atomic E-state index is 11.7. The number of ether oxygens (including phenoxy) is 1. The van der Waals surface area contributed by atoms with Gasteiger partial charge in [0.15, 0.2) is 5.78 Å². The predicted octanol–water partition coefficient (Wildman–Crippen LogP) is -3.04. The predicted molar refractivity (Wildman–Crippen MR) is 62.7 cm³/mol. The van der Waals surface area contributed by atoms with E-state index in [2.05, 4.69) is 4.74 Å². The molecule has 3 unspecified atom stereocenters. The fraction of sp³-hybridized carbons (Fsp3) is 0.636. The van der Waals surface area contributed by atoms with Crippen LogP contribution in [0.1, 0.15) is 20.3 Å². The van der Waals surface area contributed by atoms with Gasteiger partial charge in [-0.3, -0.25) is 9.59 Å². The minimum atomic E-state index is -3.64. The van der Waals surface area contributed by atoms with Crippen molar-refractivity contribution in [2.24, 2.45) is 0 Å². The molecule has 0 aliphatic carbocycles. The SMILES string of the molecule is CC(=O)OC(=O)C(O)(C(C)=O)C(O)(CC(O)CO)C(=O)O. The summed E-state index contributed by atoms with van der Waals surface area (Å²) >= 11 is 0. The van der Waals surface area contributed by atoms with Gasteiger partial charge in [0, 0.05) is 13.3 Å². The fourth-order valence-electron chi connectivity index (χ4n) is 1.60. The first-order chi connectivity index (χ1) is 9.43. The first-order valence-corrected chi connectivity index (χ1v) is 5.64. The summed E-state index contributed by atoms with van der Waals surface area (Å²) in [5.74, 6) is -7.01. The molecule has 3 atom stereocenters. The van der Waals surface area contributed by atoms with Gasteiger partial charge in [0.1, 0.15) is 0 Å². The second-order valence-corrected chi connectivity index (χ2v) is 4.35. The lowest BCUT2D eigenvalue weighted by Crippen LogP contribution is -2.69. The van der Waals surface area contributed by atoms with E-state index in [1.807, 2.05) is 0 Å². The third kappa shape index (κ3) is 3.61. The third-order valence-electron chi connectivity index (χ3n) is 2.74. The lowest BCUT2D eigenvalue weighted by atomic mass is 9.76. The van der Waals surface area contributed by atoms with Gasteiger partial charge in [-0.25, -0.2) is 9.59 Å². The molecule has 120 valence electrons. The minimum absolute atomic E-state index is 0.584. The van der Waals surface area contributed by atoms with Crippen LogP contribution in [0.4, 0.5) is 0 Å². The maximum atomic E-state index is 11.7. The van der Waals surface area contributed by atoms with E-state index in [4.69, 9.17) is 10.2 Å². The molecule has 0 spiro atoms. The molecular weight excluding hydrogens is 292 g/mol. The molecule has 0 amide bonds. The molecular formula is C11H16O10. The van der Waals surface area contributed by atoms with Crippen LogP contribution in [-0.4, -0.2) is 73.1 Å². The number of aliphatic hydroxyl groups excluding tert-OH is 2. The van der Waals surface area contributed by atoms with Crippen LogP contribution in [0.25, 0.3) is 0 Å². The van der Waals surface area contributed by atoms with Crippen molar-refractivity contribution < 1.29 is 49.4 Å². The lowest BCUT2D eigenvalue weighted by molar-refractivity contribution is -0.214. The molecule has 10 heteroatoms. The molecule has 0 saturated carbocycles. The summed E-state index contributed by atoms with van der Waals surface area (Å²) < 4.78 is 3.97. The van der Waals surface area contributed by atoms with Crippen molar-refractivity contribution in [3.63, 3.8) is 0 Å². The number of aliphatic carboxylic acids is 1. The van der Waals surface area contributed by atoms with E-state index in [9.17, 15) is 34.5 Å². The zero-order chi connectivity index (χ0) is 17.0. The number of Topliss-reactive ketones (excluding diaryl/α,β-unsaturated/α-hetero) is 1. The van der Waals surface area contributed by atoms with Crippen LogP contribution in [0.2, 0.25) is 0 Å². The quantitative estimate of drug-likeness (QED) is 0.239. The molecule has 0 radical (unpaired) electrons. The molecule has 0 aliphatic rings. The molecule has 0 saturated heterocycles. The Balaban J connectivity index is 5.96. The molecule has 5 N–H and O–H groups in total. The normalized spacial score (nSPS) is 18.0. The van der Waals surface area contributed by atoms with Crippen molar-refractivity contribution in [2.45, 2.75) is 37.6 Å². The summed E-state index contributed by atoms with van der Waals surface area (Å²) in [4.78, 5) is 45.0. The van der Waals surface area contributed by atoms with Gasteiger partial charge in [0.05, 0.1) is 12.7 Å². The van der Waals surface area contributed by atoms with E-state index in [-0.39, 0.29) is 0 Å². The van der Waals surface area contributed by atoms with Gasteiger partial charge in [-0.15, -0.1) is 0 Å². The van der Waals surface area contributed by atoms with Gasteiger partial charge in [-0.1, -0.05) is 0 Å². The Morgan fingerprint density at radius 2 is 1.62 bits per heavy atom. The number of carbonyl (C=O) groups is 4. The number of carboxylic acids is 1. The average Bonchev–Trinajstić information content (AvgIpc) is 2.35. The highest BCUT2D eigenvalue weighted by atomic mass is 16.6. The Labute approximate surface area is 118 Å². The minimum Gasteiger partial charge on any atom is -0.479 e. The number of carboxylic acid groups (broad SMARTS) is 1. The topological polar surface area (TPSA) is 179 Å². The number of hydrogen-bond donors (Lipinski definition) is 5. The van der Waals surface area contributed by atoms with Crippen LogP contribution in [0.15, 0.2) is 0 Å². The summed E-state index contributed by atoms with van der Waals surface area (Å²) in [6.45, 7) is 0.326. The fourth-order valence-corrected chi connectivity index (χ4v) is 1.60. The second kappa shape index (κ2) is 6.72. The summed E-state index contributed by atoms with van der Waals surface area (Å²) in [7, 11) is 0. The molecule has 0 rings (SSSR count). The number of aliphatic hydroxyl groups is 4. The van der Waals surface area contributed by atoms with Crippen molar-refractivity contribution in [3.05, 3.63) is 0 Å². The zero-order valence-electron chi connectivity index (χ0n) is 11.3. The Morgan fingerprint density at radius 3 is 1.90 bits per heavy atom. The number of ketones is 1. The number of rotatable bonds is 7. The molecule has 0 aromatic heterocycles. The average molecular weight is 308 g/mol. The summed E-state index contributed by atoms with van der Waals surface area (Å²) in [6, 6.07) is 0. The van der Waals surface area contributed by atoms with Crippen LogP contribution in [0.3, 0.4) is 0 Å². The number of carbonyl (C=O) groups excluding carboxylic acids is 3. The molecule has 0 heterocycles. The second-order valence-electron chi connectivity index (χ2n) is 4.35. The van der Waals surface area contributed by atoms with Crippen LogP contribution in [0, 0.1) is 0 Å². The van der Waals surface area contributed by atoms with Crippen molar-refractivity contribution in [1.29, 1.82) is 0 Å². The number of hydrogen-bond acceptors (Lipinski definition) is 9. The molecule has 21 heavy (non-hydrogen) atoms. The van der Waals surface area contributed by atoms with E-state index in [1.54, 1.807) is 0 Å². The standard InChI is InChI=1S/C11H16O10/c1-5(13)11(20,9(18)21-6(2)14)10(19,8(16)17)3-7(15)4-12/h7,12,15,19-20H,3-4H2,1-2H3,(H,16,17). The smallest absolute Gasteiger partial charge is 0.357 e. The first-order valence-electron chi connectivity index (χ1n) is 5.64. The van der Waals surface area contributed by atoms with Crippen LogP contribution >= 0.6 is 0 Å². The largest absolute Gasteiger partial charge is 0.479 e.